The zero-order chi connectivity index (χ0) is 11.5. The van der Waals surface area contributed by atoms with Gasteiger partial charge in [0.15, 0.2) is 0 Å². The smallest absolute Gasteiger partial charge is 0.247 e. The average molecular weight is 221 g/mol. The summed E-state index contributed by atoms with van der Waals surface area (Å²) in [6.45, 7) is 5.67. The Bertz CT molecular complexity index is 366. The second kappa shape index (κ2) is 4.68. The number of hydrogen-bond acceptors (Lipinski definition) is 2. The van der Waals surface area contributed by atoms with Crippen molar-refractivity contribution in [3.63, 3.8) is 0 Å². The number of aromatic nitrogens is 2. The van der Waals surface area contributed by atoms with E-state index in [1.807, 2.05) is 31.0 Å². The summed E-state index contributed by atoms with van der Waals surface area (Å²) in [6, 6.07) is 1.76. The third-order valence-corrected chi connectivity index (χ3v) is 3.16. The number of amides is 1. The van der Waals surface area contributed by atoms with Crippen LogP contribution in [-0.4, -0.2) is 33.7 Å². The lowest BCUT2D eigenvalue weighted by molar-refractivity contribution is -0.135. The molecule has 1 saturated heterocycles. The Morgan fingerprint density at radius 3 is 2.62 bits per heavy atom. The zero-order valence-electron chi connectivity index (χ0n) is 10.0. The van der Waals surface area contributed by atoms with E-state index in [1.165, 1.54) is 6.42 Å². The molecule has 1 amide bonds. The number of nitrogens with zero attached hydrogens (tertiary/aromatic N) is 3. The zero-order valence-corrected chi connectivity index (χ0v) is 10.0. The number of likely N-dealkylation sites (tertiary alicyclic amines) is 1. The first-order valence-corrected chi connectivity index (χ1v) is 5.99. The van der Waals surface area contributed by atoms with E-state index in [9.17, 15) is 4.79 Å². The first kappa shape index (κ1) is 11.2. The van der Waals surface area contributed by atoms with Crippen molar-refractivity contribution in [1.82, 2.24) is 14.7 Å². The average Bonchev–Trinajstić information content (AvgIpc) is 2.75. The van der Waals surface area contributed by atoms with E-state index >= 15 is 0 Å². The number of aryl methyl sites for hydroxylation is 1. The molecule has 4 nitrogen and oxygen atoms in total. The van der Waals surface area contributed by atoms with Crippen LogP contribution in [-0.2, 0) is 4.79 Å². The van der Waals surface area contributed by atoms with Gasteiger partial charge in [-0.3, -0.25) is 9.48 Å². The Morgan fingerprint density at radius 1 is 1.38 bits per heavy atom. The van der Waals surface area contributed by atoms with Crippen LogP contribution >= 0.6 is 0 Å². The van der Waals surface area contributed by atoms with Crippen LogP contribution in [0.15, 0.2) is 12.3 Å². The normalized spacial score (nSPS) is 18.5. The molecule has 0 radical (unpaired) electrons. The van der Waals surface area contributed by atoms with Gasteiger partial charge in [0.05, 0.1) is 5.69 Å². The molecule has 0 saturated carbocycles. The van der Waals surface area contributed by atoms with Gasteiger partial charge < -0.3 is 4.90 Å². The van der Waals surface area contributed by atoms with E-state index in [4.69, 9.17) is 0 Å². The third-order valence-electron chi connectivity index (χ3n) is 3.16. The predicted molar refractivity (Wildman–Crippen MR) is 62.1 cm³/mol. The second-order valence-electron chi connectivity index (χ2n) is 4.50. The van der Waals surface area contributed by atoms with Crippen molar-refractivity contribution in [2.24, 2.45) is 0 Å². The highest BCUT2D eigenvalue weighted by Gasteiger charge is 2.23. The van der Waals surface area contributed by atoms with Gasteiger partial charge in [0.25, 0.3) is 0 Å². The van der Waals surface area contributed by atoms with Gasteiger partial charge in [-0.15, -0.1) is 0 Å². The summed E-state index contributed by atoms with van der Waals surface area (Å²) in [6.07, 6.45) is 5.40. The SMILES string of the molecule is Cc1ccn(C(C)C(=O)N2CCCCC2)n1. The Morgan fingerprint density at radius 2 is 2.06 bits per heavy atom. The highest BCUT2D eigenvalue weighted by molar-refractivity contribution is 5.80. The summed E-state index contributed by atoms with van der Waals surface area (Å²) < 4.78 is 1.76. The molecule has 0 aromatic carbocycles. The third kappa shape index (κ3) is 2.26. The van der Waals surface area contributed by atoms with Gasteiger partial charge in [0.1, 0.15) is 6.04 Å². The fourth-order valence-corrected chi connectivity index (χ4v) is 2.14. The Kier molecular flexibility index (Phi) is 3.27. The van der Waals surface area contributed by atoms with Crippen molar-refractivity contribution < 1.29 is 4.79 Å². The summed E-state index contributed by atoms with van der Waals surface area (Å²) in [5.74, 6) is 0.197. The van der Waals surface area contributed by atoms with Gasteiger partial charge in [-0.25, -0.2) is 0 Å². The van der Waals surface area contributed by atoms with E-state index in [0.717, 1.165) is 31.6 Å². The van der Waals surface area contributed by atoms with Crippen LogP contribution in [0.25, 0.3) is 0 Å². The minimum Gasteiger partial charge on any atom is -0.341 e. The highest BCUT2D eigenvalue weighted by atomic mass is 16.2. The molecule has 4 heteroatoms. The fraction of sp³-hybridized carbons (Fsp3) is 0.667. The lowest BCUT2D eigenvalue weighted by Crippen LogP contribution is -2.39. The predicted octanol–water partition coefficient (Wildman–Crippen LogP) is 1.77. The molecule has 1 aliphatic rings. The van der Waals surface area contributed by atoms with Gasteiger partial charge in [0.2, 0.25) is 5.91 Å². The van der Waals surface area contributed by atoms with Crippen LogP contribution in [0.2, 0.25) is 0 Å². The van der Waals surface area contributed by atoms with Crippen molar-refractivity contribution in [2.45, 2.75) is 39.2 Å². The second-order valence-corrected chi connectivity index (χ2v) is 4.50. The number of carbonyl (C=O) groups is 1. The van der Waals surface area contributed by atoms with Crippen LogP contribution in [0, 0.1) is 6.92 Å². The molecule has 1 aromatic rings. The standard InChI is InChI=1S/C12H19N3O/c1-10-6-9-15(13-10)11(2)12(16)14-7-4-3-5-8-14/h6,9,11H,3-5,7-8H2,1-2H3. The molecule has 2 rings (SSSR count). The highest BCUT2D eigenvalue weighted by Crippen LogP contribution is 2.15. The van der Waals surface area contributed by atoms with Gasteiger partial charge in [-0.05, 0) is 39.2 Å². The minimum absolute atomic E-state index is 0.174. The van der Waals surface area contributed by atoms with Crippen molar-refractivity contribution in [2.75, 3.05) is 13.1 Å². The number of hydrogen-bond donors (Lipinski definition) is 0. The Hall–Kier alpha value is -1.32. The van der Waals surface area contributed by atoms with Crippen LogP contribution in [0.4, 0.5) is 0 Å². The van der Waals surface area contributed by atoms with Crippen LogP contribution < -0.4 is 0 Å². The van der Waals surface area contributed by atoms with Gasteiger partial charge in [0, 0.05) is 19.3 Å². The molecule has 0 spiro atoms. The number of carbonyl (C=O) groups excluding carboxylic acids is 1. The van der Waals surface area contributed by atoms with Crippen LogP contribution in [0.5, 0.6) is 0 Å². The number of piperidine rings is 1. The van der Waals surface area contributed by atoms with Gasteiger partial charge >= 0.3 is 0 Å². The Balaban J connectivity index is 2.03. The fourth-order valence-electron chi connectivity index (χ4n) is 2.14. The van der Waals surface area contributed by atoms with Crippen LogP contribution in [0.1, 0.15) is 37.9 Å². The molecule has 1 aliphatic heterocycles. The molecule has 1 unspecified atom stereocenters. The molecular formula is C12H19N3O. The van der Waals surface area contributed by atoms with Crippen molar-refractivity contribution in [3.05, 3.63) is 18.0 Å². The van der Waals surface area contributed by atoms with Crippen molar-refractivity contribution in [1.29, 1.82) is 0 Å². The van der Waals surface area contributed by atoms with E-state index in [-0.39, 0.29) is 11.9 Å². The minimum atomic E-state index is -0.174. The first-order chi connectivity index (χ1) is 7.68. The molecule has 2 heterocycles. The summed E-state index contributed by atoms with van der Waals surface area (Å²) in [5.41, 5.74) is 0.957. The molecule has 16 heavy (non-hydrogen) atoms. The van der Waals surface area contributed by atoms with Crippen LogP contribution in [0.3, 0.4) is 0 Å². The first-order valence-electron chi connectivity index (χ1n) is 5.99. The molecule has 88 valence electrons. The Labute approximate surface area is 96.2 Å². The largest absolute Gasteiger partial charge is 0.341 e. The van der Waals surface area contributed by atoms with Crippen molar-refractivity contribution >= 4 is 5.91 Å². The topological polar surface area (TPSA) is 38.1 Å². The van der Waals surface area contributed by atoms with Gasteiger partial charge in [-0.2, -0.15) is 5.10 Å². The monoisotopic (exact) mass is 221 g/mol. The maximum absolute atomic E-state index is 12.2. The summed E-state index contributed by atoms with van der Waals surface area (Å²) in [4.78, 5) is 14.1. The quantitative estimate of drug-likeness (QED) is 0.763. The summed E-state index contributed by atoms with van der Waals surface area (Å²) >= 11 is 0. The van der Waals surface area contributed by atoms with Gasteiger partial charge in [-0.1, -0.05) is 0 Å². The van der Waals surface area contributed by atoms with Crippen molar-refractivity contribution in [3.8, 4) is 0 Å². The molecular weight excluding hydrogens is 202 g/mol. The lowest BCUT2D eigenvalue weighted by Gasteiger charge is -2.29. The molecule has 0 aliphatic carbocycles. The lowest BCUT2D eigenvalue weighted by atomic mass is 10.1. The summed E-state index contributed by atoms with van der Waals surface area (Å²) in [5, 5.41) is 4.30. The van der Waals surface area contributed by atoms with E-state index in [1.54, 1.807) is 4.68 Å². The molecule has 1 fully saturated rings. The molecule has 0 bridgehead atoms. The molecule has 1 atom stereocenters. The maximum Gasteiger partial charge on any atom is 0.247 e. The van der Waals surface area contributed by atoms with E-state index in [0.29, 0.717) is 0 Å². The molecule has 0 N–H and O–H groups in total. The molecule has 1 aromatic heterocycles. The maximum atomic E-state index is 12.2. The van der Waals surface area contributed by atoms with E-state index < -0.39 is 0 Å². The summed E-state index contributed by atoms with van der Waals surface area (Å²) in [7, 11) is 0. The van der Waals surface area contributed by atoms with E-state index in [2.05, 4.69) is 5.10 Å². The number of rotatable bonds is 2.